The molecule has 0 aliphatic carbocycles. The first-order valence-electron chi connectivity index (χ1n) is 5.40. The number of rotatable bonds is 1. The van der Waals surface area contributed by atoms with Crippen LogP contribution < -0.4 is 0 Å². The molecule has 1 heterocycles. The molecule has 0 spiro atoms. The standard InChI is InChI=1S/C14H13ClN2/c1-9-4-5-13(7-14(9)15)17-10(2)6-12(8-16)11(17)3/h4-7H,1-3H3. The van der Waals surface area contributed by atoms with Gasteiger partial charge in [-0.05, 0) is 44.5 Å². The van der Waals surface area contributed by atoms with Gasteiger partial charge in [0.05, 0.1) is 5.56 Å². The summed E-state index contributed by atoms with van der Waals surface area (Å²) in [6.45, 7) is 5.91. The SMILES string of the molecule is Cc1ccc(-n2c(C)cc(C#N)c2C)cc1Cl. The Labute approximate surface area is 106 Å². The van der Waals surface area contributed by atoms with E-state index in [4.69, 9.17) is 16.9 Å². The second-order valence-corrected chi connectivity index (χ2v) is 4.57. The Kier molecular flexibility index (Phi) is 2.95. The van der Waals surface area contributed by atoms with Gasteiger partial charge >= 0.3 is 0 Å². The highest BCUT2D eigenvalue weighted by molar-refractivity contribution is 6.31. The van der Waals surface area contributed by atoms with Gasteiger partial charge in [0, 0.05) is 22.1 Å². The van der Waals surface area contributed by atoms with Gasteiger partial charge in [-0.2, -0.15) is 5.26 Å². The quantitative estimate of drug-likeness (QED) is 0.747. The summed E-state index contributed by atoms with van der Waals surface area (Å²) >= 11 is 6.13. The predicted molar refractivity (Wildman–Crippen MR) is 69.7 cm³/mol. The molecule has 17 heavy (non-hydrogen) atoms. The van der Waals surface area contributed by atoms with Crippen LogP contribution in [0.25, 0.3) is 5.69 Å². The second-order valence-electron chi connectivity index (χ2n) is 4.17. The van der Waals surface area contributed by atoms with Crippen LogP contribution in [-0.2, 0) is 0 Å². The summed E-state index contributed by atoms with van der Waals surface area (Å²) in [7, 11) is 0. The molecular weight excluding hydrogens is 232 g/mol. The van der Waals surface area contributed by atoms with Crippen molar-refractivity contribution in [2.45, 2.75) is 20.8 Å². The van der Waals surface area contributed by atoms with Crippen molar-refractivity contribution in [2.24, 2.45) is 0 Å². The van der Waals surface area contributed by atoms with Crippen LogP contribution in [0, 0.1) is 32.1 Å². The van der Waals surface area contributed by atoms with Crippen molar-refractivity contribution in [1.82, 2.24) is 4.57 Å². The number of hydrogen-bond donors (Lipinski definition) is 0. The molecule has 0 N–H and O–H groups in total. The van der Waals surface area contributed by atoms with Crippen molar-refractivity contribution in [2.75, 3.05) is 0 Å². The van der Waals surface area contributed by atoms with Gasteiger partial charge in [0.15, 0.2) is 0 Å². The lowest BCUT2D eigenvalue weighted by Gasteiger charge is -2.10. The number of halogens is 1. The van der Waals surface area contributed by atoms with Crippen molar-refractivity contribution in [3.8, 4) is 11.8 Å². The average Bonchev–Trinajstić information content (AvgIpc) is 2.58. The molecule has 1 aromatic carbocycles. The molecule has 3 heteroatoms. The summed E-state index contributed by atoms with van der Waals surface area (Å²) in [6.07, 6.45) is 0. The number of nitriles is 1. The number of aryl methyl sites for hydroxylation is 2. The first kappa shape index (κ1) is 11.8. The molecule has 0 amide bonds. The van der Waals surface area contributed by atoms with Crippen molar-refractivity contribution in [3.63, 3.8) is 0 Å². The predicted octanol–water partition coefficient (Wildman–Crippen LogP) is 3.93. The summed E-state index contributed by atoms with van der Waals surface area (Å²) in [5.41, 5.74) is 4.75. The molecule has 1 aromatic heterocycles. The van der Waals surface area contributed by atoms with Gasteiger partial charge in [0.2, 0.25) is 0 Å². The molecule has 0 saturated carbocycles. The average molecular weight is 245 g/mol. The fraction of sp³-hybridized carbons (Fsp3) is 0.214. The zero-order valence-corrected chi connectivity index (χ0v) is 10.8. The van der Waals surface area contributed by atoms with Crippen LogP contribution in [-0.4, -0.2) is 4.57 Å². The molecule has 2 aromatic rings. The molecule has 0 saturated heterocycles. The van der Waals surface area contributed by atoms with E-state index in [1.54, 1.807) is 0 Å². The third kappa shape index (κ3) is 1.94. The first-order chi connectivity index (χ1) is 8.04. The third-order valence-corrected chi connectivity index (χ3v) is 3.37. The van der Waals surface area contributed by atoms with Gasteiger partial charge in [0.1, 0.15) is 6.07 Å². The van der Waals surface area contributed by atoms with Gasteiger partial charge in [0.25, 0.3) is 0 Å². The highest BCUT2D eigenvalue weighted by Gasteiger charge is 2.10. The Balaban J connectivity index is 2.65. The molecule has 0 bridgehead atoms. The maximum Gasteiger partial charge on any atom is 0.101 e. The van der Waals surface area contributed by atoms with E-state index in [1.807, 2.05) is 49.6 Å². The second kappa shape index (κ2) is 4.27. The monoisotopic (exact) mass is 244 g/mol. The van der Waals surface area contributed by atoms with Gasteiger partial charge in [-0.25, -0.2) is 0 Å². The third-order valence-electron chi connectivity index (χ3n) is 2.97. The number of aromatic nitrogens is 1. The van der Waals surface area contributed by atoms with E-state index in [9.17, 15) is 0 Å². The molecule has 0 atom stereocenters. The molecule has 0 unspecified atom stereocenters. The van der Waals surface area contributed by atoms with E-state index in [1.165, 1.54) is 0 Å². The van der Waals surface area contributed by atoms with Gasteiger partial charge in [-0.3, -0.25) is 0 Å². The summed E-state index contributed by atoms with van der Waals surface area (Å²) in [6, 6.07) is 10.0. The Morgan fingerprint density at radius 3 is 2.41 bits per heavy atom. The van der Waals surface area contributed by atoms with Crippen LogP contribution in [0.4, 0.5) is 0 Å². The minimum atomic E-state index is 0.708. The zero-order valence-electron chi connectivity index (χ0n) is 10.1. The molecule has 0 aliphatic heterocycles. The highest BCUT2D eigenvalue weighted by atomic mass is 35.5. The van der Waals surface area contributed by atoms with Gasteiger partial charge in [-0.1, -0.05) is 17.7 Å². The number of hydrogen-bond acceptors (Lipinski definition) is 1. The van der Waals surface area contributed by atoms with E-state index in [0.717, 1.165) is 27.7 Å². The Morgan fingerprint density at radius 1 is 1.18 bits per heavy atom. The van der Waals surface area contributed by atoms with Crippen molar-refractivity contribution in [1.29, 1.82) is 5.26 Å². The first-order valence-corrected chi connectivity index (χ1v) is 5.78. The van der Waals surface area contributed by atoms with Gasteiger partial charge in [-0.15, -0.1) is 0 Å². The number of nitrogens with zero attached hydrogens (tertiary/aromatic N) is 2. The van der Waals surface area contributed by atoms with Gasteiger partial charge < -0.3 is 4.57 Å². The molecule has 2 rings (SSSR count). The smallest absolute Gasteiger partial charge is 0.101 e. The van der Waals surface area contributed by atoms with Crippen LogP contribution in [0.3, 0.4) is 0 Å². The fourth-order valence-electron chi connectivity index (χ4n) is 1.99. The van der Waals surface area contributed by atoms with Crippen molar-refractivity contribution in [3.05, 3.63) is 51.8 Å². The van der Waals surface area contributed by atoms with Crippen LogP contribution in [0.15, 0.2) is 24.3 Å². The van der Waals surface area contributed by atoms with Crippen LogP contribution >= 0.6 is 11.6 Å². The van der Waals surface area contributed by atoms with E-state index in [-0.39, 0.29) is 0 Å². The van der Waals surface area contributed by atoms with E-state index < -0.39 is 0 Å². The fourth-order valence-corrected chi connectivity index (χ4v) is 2.17. The van der Waals surface area contributed by atoms with E-state index in [0.29, 0.717) is 5.56 Å². The lowest BCUT2D eigenvalue weighted by Crippen LogP contribution is -1.99. The normalized spacial score (nSPS) is 10.3. The lowest BCUT2D eigenvalue weighted by atomic mass is 10.2. The Morgan fingerprint density at radius 2 is 1.88 bits per heavy atom. The van der Waals surface area contributed by atoms with Crippen molar-refractivity contribution < 1.29 is 0 Å². The summed E-state index contributed by atoms with van der Waals surface area (Å²) in [5.74, 6) is 0. The summed E-state index contributed by atoms with van der Waals surface area (Å²) in [5, 5.41) is 9.76. The molecule has 0 fully saturated rings. The maximum absolute atomic E-state index is 9.01. The zero-order chi connectivity index (χ0) is 12.6. The highest BCUT2D eigenvalue weighted by Crippen LogP contribution is 2.24. The lowest BCUT2D eigenvalue weighted by molar-refractivity contribution is 0.963. The maximum atomic E-state index is 9.01. The van der Waals surface area contributed by atoms with E-state index in [2.05, 4.69) is 6.07 Å². The molecule has 86 valence electrons. The largest absolute Gasteiger partial charge is 0.317 e. The van der Waals surface area contributed by atoms with Crippen molar-refractivity contribution >= 4 is 11.6 Å². The molecule has 2 nitrogen and oxygen atoms in total. The summed E-state index contributed by atoms with van der Waals surface area (Å²) in [4.78, 5) is 0. The topological polar surface area (TPSA) is 28.7 Å². The summed E-state index contributed by atoms with van der Waals surface area (Å²) < 4.78 is 2.05. The number of benzene rings is 1. The minimum Gasteiger partial charge on any atom is -0.317 e. The van der Waals surface area contributed by atoms with Crippen LogP contribution in [0.2, 0.25) is 5.02 Å². The van der Waals surface area contributed by atoms with Crippen LogP contribution in [0.5, 0.6) is 0 Å². The molecular formula is C14H13ClN2. The minimum absolute atomic E-state index is 0.708. The van der Waals surface area contributed by atoms with Crippen LogP contribution in [0.1, 0.15) is 22.5 Å². The van der Waals surface area contributed by atoms with E-state index >= 15 is 0 Å². The molecule has 0 radical (unpaired) electrons. The molecule has 0 aliphatic rings. The Bertz CT molecular complexity index is 618. The Hall–Kier alpha value is -1.72.